The largest absolute Gasteiger partial charge is 0.468 e. The van der Waals surface area contributed by atoms with E-state index in [1.807, 2.05) is 35.8 Å². The smallest absolute Gasteiger partial charge is 0.333 e. The minimum atomic E-state index is -0.656. The number of carbonyl (C=O) groups is 1. The van der Waals surface area contributed by atoms with Gasteiger partial charge in [0, 0.05) is 25.8 Å². The molecule has 152 valence electrons. The second-order valence-corrected chi connectivity index (χ2v) is 7.51. The summed E-state index contributed by atoms with van der Waals surface area (Å²) in [5, 5.41) is 0. The van der Waals surface area contributed by atoms with Gasteiger partial charge in [-0.3, -0.25) is 14.2 Å². The van der Waals surface area contributed by atoms with Crippen molar-refractivity contribution in [3.05, 3.63) is 50.7 Å². The number of aromatic nitrogens is 4. The molecule has 4 rings (SSSR count). The van der Waals surface area contributed by atoms with Crippen molar-refractivity contribution in [3.8, 4) is 0 Å². The number of imidazole rings is 1. The lowest BCUT2D eigenvalue weighted by molar-refractivity contribution is -0.141. The van der Waals surface area contributed by atoms with Crippen LogP contribution in [0.4, 0.5) is 11.6 Å². The quantitative estimate of drug-likeness (QED) is 0.616. The minimum absolute atomic E-state index is 0.255. The number of methoxy groups -OCH3 is 1. The van der Waals surface area contributed by atoms with Crippen LogP contribution < -0.4 is 16.1 Å². The van der Waals surface area contributed by atoms with Crippen LogP contribution in [0.5, 0.6) is 0 Å². The predicted molar refractivity (Wildman–Crippen MR) is 109 cm³/mol. The summed E-state index contributed by atoms with van der Waals surface area (Å²) in [6, 6.07) is 7.99. The Labute approximate surface area is 166 Å². The molecular formula is C20H23N5O4. The lowest BCUT2D eigenvalue weighted by Crippen LogP contribution is -2.42. The lowest BCUT2D eigenvalue weighted by atomic mass is 10.1. The summed E-state index contributed by atoms with van der Waals surface area (Å²) >= 11 is 0. The van der Waals surface area contributed by atoms with Crippen molar-refractivity contribution in [2.45, 2.75) is 26.9 Å². The summed E-state index contributed by atoms with van der Waals surface area (Å²) in [6.07, 6.45) is 0. The zero-order chi connectivity index (χ0) is 20.9. The van der Waals surface area contributed by atoms with E-state index in [1.165, 1.54) is 11.7 Å². The number of anilines is 2. The molecule has 0 fully saturated rings. The number of ether oxygens (including phenoxy) is 1. The van der Waals surface area contributed by atoms with Crippen LogP contribution in [0.25, 0.3) is 11.2 Å². The molecule has 0 unspecified atom stereocenters. The third-order valence-corrected chi connectivity index (χ3v) is 5.36. The number of nitrogens with zero attached hydrogens (tertiary/aromatic N) is 5. The first-order valence-electron chi connectivity index (χ1n) is 9.43. The Kier molecular flexibility index (Phi) is 4.52. The van der Waals surface area contributed by atoms with Crippen LogP contribution in [0.3, 0.4) is 0 Å². The maximum atomic E-state index is 13.2. The summed E-state index contributed by atoms with van der Waals surface area (Å²) in [7, 11) is 2.78. The van der Waals surface area contributed by atoms with Gasteiger partial charge in [0.1, 0.15) is 6.54 Å². The van der Waals surface area contributed by atoms with Crippen LogP contribution in [0.2, 0.25) is 0 Å². The van der Waals surface area contributed by atoms with E-state index in [2.05, 4.69) is 21.5 Å². The predicted octanol–water partition coefficient (Wildman–Crippen LogP) is 1.17. The highest BCUT2D eigenvalue weighted by Gasteiger charge is 2.30. The number of esters is 1. The standard InChI is InChI=1S/C20H23N5O4/c1-12-9-23(14-8-6-5-7-13(14)2)19-21-17-16(24(19)10-12)18(27)25(11-15(26)29-4)20(28)22(17)3/h5-8,12H,9-11H2,1-4H3/t12-/m1/s1. The molecule has 0 spiro atoms. The van der Waals surface area contributed by atoms with E-state index in [0.29, 0.717) is 23.7 Å². The van der Waals surface area contributed by atoms with Crippen molar-refractivity contribution < 1.29 is 9.53 Å². The van der Waals surface area contributed by atoms with Gasteiger partial charge in [-0.15, -0.1) is 0 Å². The van der Waals surface area contributed by atoms with Crippen LogP contribution >= 0.6 is 0 Å². The van der Waals surface area contributed by atoms with E-state index in [9.17, 15) is 14.4 Å². The second kappa shape index (κ2) is 6.91. The number of rotatable bonds is 3. The zero-order valence-corrected chi connectivity index (χ0v) is 16.9. The SMILES string of the molecule is COC(=O)Cn1c(=O)c2c(nc3n2C[C@H](C)CN3c2ccccc2C)n(C)c1=O. The maximum absolute atomic E-state index is 13.2. The third-order valence-electron chi connectivity index (χ3n) is 5.36. The molecule has 1 aliphatic rings. The first-order valence-corrected chi connectivity index (χ1v) is 9.43. The summed E-state index contributed by atoms with van der Waals surface area (Å²) in [5.74, 6) is 0.220. The van der Waals surface area contributed by atoms with Gasteiger partial charge in [0.15, 0.2) is 11.2 Å². The van der Waals surface area contributed by atoms with Gasteiger partial charge < -0.3 is 14.2 Å². The maximum Gasteiger partial charge on any atom is 0.333 e. The number of benzene rings is 1. The summed E-state index contributed by atoms with van der Waals surface area (Å²) in [4.78, 5) is 44.3. The fourth-order valence-electron chi connectivity index (χ4n) is 3.91. The summed E-state index contributed by atoms with van der Waals surface area (Å²) in [6.45, 7) is 5.05. The van der Waals surface area contributed by atoms with Gasteiger partial charge in [-0.05, 0) is 24.5 Å². The van der Waals surface area contributed by atoms with E-state index in [0.717, 1.165) is 22.4 Å². The van der Waals surface area contributed by atoms with E-state index in [4.69, 9.17) is 0 Å². The van der Waals surface area contributed by atoms with Crippen LogP contribution in [0, 0.1) is 12.8 Å². The van der Waals surface area contributed by atoms with Crippen molar-refractivity contribution in [2.24, 2.45) is 13.0 Å². The number of carbonyl (C=O) groups excluding carboxylic acids is 1. The molecule has 2 aromatic heterocycles. The van der Waals surface area contributed by atoms with Gasteiger partial charge in [0.2, 0.25) is 5.95 Å². The molecule has 0 aliphatic carbocycles. The van der Waals surface area contributed by atoms with E-state index in [1.54, 1.807) is 7.05 Å². The fourth-order valence-corrected chi connectivity index (χ4v) is 3.91. The highest BCUT2D eigenvalue weighted by atomic mass is 16.5. The number of aryl methyl sites for hydroxylation is 2. The van der Waals surface area contributed by atoms with Crippen LogP contribution in [-0.4, -0.2) is 38.3 Å². The topological polar surface area (TPSA) is 91.4 Å². The highest BCUT2D eigenvalue weighted by Crippen LogP contribution is 2.34. The number of hydrogen-bond donors (Lipinski definition) is 0. The molecule has 3 heterocycles. The molecule has 0 N–H and O–H groups in total. The van der Waals surface area contributed by atoms with Crippen LogP contribution in [0.1, 0.15) is 12.5 Å². The molecule has 1 aromatic carbocycles. The average molecular weight is 397 g/mol. The van der Waals surface area contributed by atoms with E-state index < -0.39 is 23.8 Å². The average Bonchev–Trinajstić information content (AvgIpc) is 3.08. The van der Waals surface area contributed by atoms with Crippen molar-refractivity contribution in [1.29, 1.82) is 0 Å². The highest BCUT2D eigenvalue weighted by molar-refractivity contribution is 5.78. The van der Waals surface area contributed by atoms with Gasteiger partial charge in [-0.2, -0.15) is 4.98 Å². The molecule has 9 nitrogen and oxygen atoms in total. The molecule has 1 atom stereocenters. The van der Waals surface area contributed by atoms with Gasteiger partial charge in [-0.25, -0.2) is 9.36 Å². The molecule has 1 aliphatic heterocycles. The minimum Gasteiger partial charge on any atom is -0.468 e. The van der Waals surface area contributed by atoms with Crippen LogP contribution in [0.15, 0.2) is 33.9 Å². The number of para-hydroxylation sites is 1. The van der Waals surface area contributed by atoms with Crippen LogP contribution in [-0.2, 0) is 29.7 Å². The Morgan fingerprint density at radius 2 is 1.97 bits per heavy atom. The fraction of sp³-hybridized carbons (Fsp3) is 0.400. The van der Waals surface area contributed by atoms with Gasteiger partial charge in [-0.1, -0.05) is 25.1 Å². The molecule has 0 radical (unpaired) electrons. The molecular weight excluding hydrogens is 374 g/mol. The molecule has 0 bridgehead atoms. The monoisotopic (exact) mass is 397 g/mol. The Morgan fingerprint density at radius 1 is 1.24 bits per heavy atom. The van der Waals surface area contributed by atoms with Gasteiger partial charge in [0.25, 0.3) is 5.56 Å². The first kappa shape index (κ1) is 19.0. The zero-order valence-electron chi connectivity index (χ0n) is 16.9. The van der Waals surface area contributed by atoms with Crippen molar-refractivity contribution in [3.63, 3.8) is 0 Å². The second-order valence-electron chi connectivity index (χ2n) is 7.51. The third kappa shape index (κ3) is 2.93. The van der Waals surface area contributed by atoms with E-state index in [-0.39, 0.29) is 5.92 Å². The van der Waals surface area contributed by atoms with Gasteiger partial charge >= 0.3 is 11.7 Å². The molecule has 0 amide bonds. The molecule has 0 saturated carbocycles. The normalized spacial score (nSPS) is 16.1. The Morgan fingerprint density at radius 3 is 2.66 bits per heavy atom. The lowest BCUT2D eigenvalue weighted by Gasteiger charge is -2.33. The van der Waals surface area contributed by atoms with E-state index >= 15 is 0 Å². The number of hydrogen-bond acceptors (Lipinski definition) is 6. The first-order chi connectivity index (χ1) is 13.8. The Hall–Kier alpha value is -3.36. The van der Waals surface area contributed by atoms with Crippen molar-refractivity contribution in [1.82, 2.24) is 18.7 Å². The molecule has 9 heteroatoms. The van der Waals surface area contributed by atoms with Gasteiger partial charge in [0.05, 0.1) is 7.11 Å². The summed E-state index contributed by atoms with van der Waals surface area (Å²) < 4.78 is 8.71. The van der Waals surface area contributed by atoms with Crippen molar-refractivity contribution >= 4 is 28.8 Å². The molecule has 29 heavy (non-hydrogen) atoms. The van der Waals surface area contributed by atoms with Crippen molar-refractivity contribution in [2.75, 3.05) is 18.6 Å². The summed E-state index contributed by atoms with van der Waals surface area (Å²) in [5.41, 5.74) is 1.59. The molecule has 0 saturated heterocycles. The number of fused-ring (bicyclic) bond motifs is 3. The molecule has 3 aromatic rings. The Balaban J connectivity index is 2.00. The Bertz CT molecular complexity index is 1240.